The van der Waals surface area contributed by atoms with Gasteiger partial charge in [0, 0.05) is 5.41 Å². The van der Waals surface area contributed by atoms with Crippen molar-refractivity contribution < 1.29 is 20.1 Å². The van der Waals surface area contributed by atoms with Gasteiger partial charge in [-0.1, -0.05) is 47.0 Å². The number of aliphatic carboxylic acids is 1. The van der Waals surface area contributed by atoms with Gasteiger partial charge in [0.1, 0.15) is 0 Å². The molecule has 0 aliphatic heterocycles. The molecular weight excluding hydrogens is 244 g/mol. The van der Waals surface area contributed by atoms with Crippen molar-refractivity contribution in [3.63, 3.8) is 0 Å². The number of aliphatic hydroxyl groups is 2. The number of aliphatic hydroxyl groups excluding tert-OH is 1. The maximum absolute atomic E-state index is 11.5. The fourth-order valence-corrected chi connectivity index (χ4v) is 3.51. The number of hydrogen-bond acceptors (Lipinski definition) is 3. The molecule has 0 heterocycles. The van der Waals surface area contributed by atoms with Gasteiger partial charge in [-0.25, -0.2) is 4.79 Å². The number of rotatable bonds is 10. The van der Waals surface area contributed by atoms with Gasteiger partial charge in [-0.15, -0.1) is 0 Å². The average molecular weight is 274 g/mol. The zero-order valence-electron chi connectivity index (χ0n) is 12.8. The predicted molar refractivity (Wildman–Crippen MR) is 76.0 cm³/mol. The van der Waals surface area contributed by atoms with E-state index in [2.05, 4.69) is 6.92 Å². The highest BCUT2D eigenvalue weighted by molar-refractivity contribution is 5.78. The predicted octanol–water partition coefficient (Wildman–Crippen LogP) is 2.82. The lowest BCUT2D eigenvalue weighted by Crippen LogP contribution is -2.59. The van der Waals surface area contributed by atoms with Crippen LogP contribution in [-0.4, -0.2) is 33.5 Å². The molecule has 0 radical (unpaired) electrons. The Labute approximate surface area is 116 Å². The van der Waals surface area contributed by atoms with E-state index in [1.54, 1.807) is 0 Å². The second-order valence-corrected chi connectivity index (χ2v) is 5.43. The molecule has 0 rings (SSSR count). The van der Waals surface area contributed by atoms with E-state index in [1.165, 1.54) is 0 Å². The van der Waals surface area contributed by atoms with Gasteiger partial charge in [0.15, 0.2) is 5.60 Å². The molecule has 0 aromatic rings. The summed E-state index contributed by atoms with van der Waals surface area (Å²) in [6.45, 7) is 7.21. The van der Waals surface area contributed by atoms with Crippen LogP contribution in [0.2, 0.25) is 0 Å². The van der Waals surface area contributed by atoms with E-state index in [9.17, 15) is 20.1 Å². The van der Waals surface area contributed by atoms with Crippen LogP contribution in [0.3, 0.4) is 0 Å². The van der Waals surface area contributed by atoms with Gasteiger partial charge in [-0.3, -0.25) is 0 Å². The largest absolute Gasteiger partial charge is 0.479 e. The molecule has 0 aromatic heterocycles. The molecule has 0 aliphatic rings. The molecule has 0 fully saturated rings. The van der Waals surface area contributed by atoms with Crippen molar-refractivity contribution in [3.05, 3.63) is 0 Å². The summed E-state index contributed by atoms with van der Waals surface area (Å²) in [4.78, 5) is 11.5. The van der Waals surface area contributed by atoms with Crippen LogP contribution in [0.1, 0.15) is 66.2 Å². The van der Waals surface area contributed by atoms with Crippen molar-refractivity contribution >= 4 is 5.97 Å². The molecule has 0 spiro atoms. The van der Waals surface area contributed by atoms with Crippen LogP contribution in [0, 0.1) is 11.3 Å². The first-order chi connectivity index (χ1) is 8.89. The second kappa shape index (κ2) is 7.85. The van der Waals surface area contributed by atoms with Crippen LogP contribution in [0.4, 0.5) is 0 Å². The molecule has 0 aromatic carbocycles. The van der Waals surface area contributed by atoms with Gasteiger partial charge in [0.2, 0.25) is 0 Å². The van der Waals surface area contributed by atoms with Crippen LogP contribution in [-0.2, 0) is 4.79 Å². The van der Waals surface area contributed by atoms with E-state index in [0.717, 1.165) is 25.7 Å². The monoisotopic (exact) mass is 274 g/mol. The third kappa shape index (κ3) is 3.29. The Morgan fingerprint density at radius 1 is 1.16 bits per heavy atom. The Morgan fingerprint density at radius 3 is 1.95 bits per heavy atom. The van der Waals surface area contributed by atoms with E-state index < -0.39 is 23.6 Å². The van der Waals surface area contributed by atoms with E-state index in [1.807, 2.05) is 20.8 Å². The lowest BCUT2D eigenvalue weighted by molar-refractivity contribution is -0.194. The third-order valence-corrected chi connectivity index (χ3v) is 4.85. The van der Waals surface area contributed by atoms with Crippen molar-refractivity contribution in [1.82, 2.24) is 0 Å². The Balaban J connectivity index is 5.59. The summed E-state index contributed by atoms with van der Waals surface area (Å²) in [5.74, 6) is -1.20. The molecule has 4 nitrogen and oxygen atoms in total. The Morgan fingerprint density at radius 2 is 1.68 bits per heavy atom. The van der Waals surface area contributed by atoms with Crippen molar-refractivity contribution in [3.8, 4) is 0 Å². The highest BCUT2D eigenvalue weighted by atomic mass is 16.4. The Bertz CT molecular complexity index is 273. The first-order valence-corrected chi connectivity index (χ1v) is 7.46. The van der Waals surface area contributed by atoms with Crippen LogP contribution in [0.25, 0.3) is 0 Å². The smallest absolute Gasteiger partial charge is 0.338 e. The van der Waals surface area contributed by atoms with Crippen molar-refractivity contribution in [1.29, 1.82) is 0 Å². The van der Waals surface area contributed by atoms with E-state index in [0.29, 0.717) is 12.8 Å². The number of carboxylic acids is 1. The molecule has 4 heteroatoms. The van der Waals surface area contributed by atoms with Crippen molar-refractivity contribution in [2.75, 3.05) is 6.61 Å². The van der Waals surface area contributed by atoms with Gasteiger partial charge in [-0.2, -0.15) is 0 Å². The summed E-state index contributed by atoms with van der Waals surface area (Å²) in [6, 6.07) is 0. The first kappa shape index (κ1) is 18.4. The maximum Gasteiger partial charge on any atom is 0.338 e. The zero-order valence-corrected chi connectivity index (χ0v) is 12.8. The summed E-state index contributed by atoms with van der Waals surface area (Å²) in [5, 5.41) is 29.4. The molecular formula is C15H30O4. The summed E-state index contributed by atoms with van der Waals surface area (Å²) < 4.78 is 0. The fraction of sp³-hybridized carbons (Fsp3) is 0.933. The third-order valence-electron chi connectivity index (χ3n) is 4.85. The number of carbonyl (C=O) groups is 1. The standard InChI is InChI=1S/C15H30O4/c1-5-9-10-12(6-2)14(7-3,8-4)15(19,11-16)13(17)18/h12,16,19H,5-11H2,1-4H3,(H,17,18). The average Bonchev–Trinajstić information content (AvgIpc) is 2.42. The highest BCUT2D eigenvalue weighted by Crippen LogP contribution is 2.48. The van der Waals surface area contributed by atoms with Crippen LogP contribution in [0.5, 0.6) is 0 Å². The minimum Gasteiger partial charge on any atom is -0.479 e. The van der Waals surface area contributed by atoms with Gasteiger partial charge < -0.3 is 15.3 Å². The SMILES string of the molecule is CCCCC(CC)C(CC)(CC)C(O)(CO)C(=O)O. The summed E-state index contributed by atoms with van der Waals surface area (Å²) >= 11 is 0. The van der Waals surface area contributed by atoms with E-state index in [4.69, 9.17) is 0 Å². The number of carboxylic acid groups (broad SMARTS) is 1. The lowest BCUT2D eigenvalue weighted by Gasteiger charge is -2.48. The second-order valence-electron chi connectivity index (χ2n) is 5.43. The summed E-state index contributed by atoms with van der Waals surface area (Å²) in [7, 11) is 0. The molecule has 3 N–H and O–H groups in total. The van der Waals surface area contributed by atoms with Gasteiger partial charge in [0.05, 0.1) is 6.61 Å². The molecule has 114 valence electrons. The normalized spacial score (nSPS) is 16.9. The van der Waals surface area contributed by atoms with Gasteiger partial charge >= 0.3 is 5.97 Å². The van der Waals surface area contributed by atoms with Crippen molar-refractivity contribution in [2.45, 2.75) is 71.8 Å². The molecule has 0 saturated carbocycles. The quantitative estimate of drug-likeness (QED) is 0.572. The molecule has 2 atom stereocenters. The molecule has 19 heavy (non-hydrogen) atoms. The Kier molecular flexibility index (Phi) is 7.60. The lowest BCUT2D eigenvalue weighted by atomic mass is 9.58. The molecule has 2 unspecified atom stereocenters. The molecule has 0 saturated heterocycles. The first-order valence-electron chi connectivity index (χ1n) is 7.46. The molecule has 0 bridgehead atoms. The van der Waals surface area contributed by atoms with Crippen molar-refractivity contribution in [2.24, 2.45) is 11.3 Å². The summed E-state index contributed by atoms with van der Waals surface area (Å²) in [5.41, 5.74) is -2.82. The Hall–Kier alpha value is -0.610. The minimum atomic E-state index is -2.05. The van der Waals surface area contributed by atoms with Gasteiger partial charge in [0.25, 0.3) is 0 Å². The molecule has 0 aliphatic carbocycles. The van der Waals surface area contributed by atoms with Crippen LogP contribution < -0.4 is 0 Å². The highest BCUT2D eigenvalue weighted by Gasteiger charge is 2.56. The van der Waals surface area contributed by atoms with E-state index >= 15 is 0 Å². The van der Waals surface area contributed by atoms with E-state index in [-0.39, 0.29) is 5.92 Å². The molecule has 0 amide bonds. The van der Waals surface area contributed by atoms with Crippen LogP contribution in [0.15, 0.2) is 0 Å². The van der Waals surface area contributed by atoms with Gasteiger partial charge in [-0.05, 0) is 25.2 Å². The zero-order chi connectivity index (χ0) is 15.1. The topological polar surface area (TPSA) is 77.8 Å². The minimum absolute atomic E-state index is 0.107. The fourth-order valence-electron chi connectivity index (χ4n) is 3.51. The maximum atomic E-state index is 11.5. The number of hydrogen-bond donors (Lipinski definition) is 3. The van der Waals surface area contributed by atoms with Crippen LogP contribution >= 0.6 is 0 Å². The number of unbranched alkanes of at least 4 members (excludes halogenated alkanes) is 1. The summed E-state index contributed by atoms with van der Waals surface area (Å²) in [6.07, 6.45) is 4.87.